The van der Waals surface area contributed by atoms with Crippen LogP contribution in [-0.4, -0.2) is 39.8 Å². The Hall–Kier alpha value is -1.43. The number of hydrogen-bond acceptors (Lipinski definition) is 4. The van der Waals surface area contributed by atoms with Crippen molar-refractivity contribution in [1.82, 2.24) is 15.0 Å². The third kappa shape index (κ3) is 4.63. The molecule has 1 aromatic heterocycles. The summed E-state index contributed by atoms with van der Waals surface area (Å²) in [5.41, 5.74) is 0.786. The summed E-state index contributed by atoms with van der Waals surface area (Å²) in [4.78, 5) is 11.2. The number of aromatic nitrogens is 3. The average molecular weight is 269 g/mol. The zero-order valence-corrected chi connectivity index (χ0v) is 12.1. The molecule has 0 aromatic carbocycles. The van der Waals surface area contributed by atoms with Crippen molar-refractivity contribution in [3.63, 3.8) is 0 Å². The molecule has 0 fully saturated rings. The third-order valence-corrected chi connectivity index (χ3v) is 2.93. The van der Waals surface area contributed by atoms with E-state index >= 15 is 0 Å². The largest absolute Gasteiger partial charge is 0.476 e. The molecule has 0 bridgehead atoms. The Morgan fingerprint density at radius 3 is 2.63 bits per heavy atom. The Bertz CT molecular complexity index is 415. The molecule has 0 aliphatic heterocycles. The lowest BCUT2D eigenvalue weighted by atomic mass is 10.0. The Labute approximate surface area is 113 Å². The quantitative estimate of drug-likeness (QED) is 0.779. The number of nitrogens with zero attached hydrogens (tertiary/aromatic N) is 3. The zero-order chi connectivity index (χ0) is 14.4. The summed E-state index contributed by atoms with van der Waals surface area (Å²) in [6, 6.07) is 0. The van der Waals surface area contributed by atoms with Crippen molar-refractivity contribution in [2.75, 3.05) is 13.7 Å². The Morgan fingerprint density at radius 1 is 1.42 bits per heavy atom. The van der Waals surface area contributed by atoms with Gasteiger partial charge >= 0.3 is 5.97 Å². The van der Waals surface area contributed by atoms with Gasteiger partial charge in [-0.15, -0.1) is 5.10 Å². The fourth-order valence-electron chi connectivity index (χ4n) is 1.95. The number of hydrogen-bond donors (Lipinski definition) is 1. The molecular formula is C13H23N3O3. The first kappa shape index (κ1) is 15.6. The third-order valence-electron chi connectivity index (χ3n) is 2.93. The Morgan fingerprint density at radius 2 is 2.11 bits per heavy atom. The monoisotopic (exact) mass is 269 g/mol. The summed E-state index contributed by atoms with van der Waals surface area (Å²) in [7, 11) is 1.65. The molecule has 1 atom stereocenters. The van der Waals surface area contributed by atoms with Gasteiger partial charge in [-0.25, -0.2) is 9.48 Å². The summed E-state index contributed by atoms with van der Waals surface area (Å²) in [5, 5.41) is 16.9. The second-order valence-electron chi connectivity index (χ2n) is 5.37. The van der Waals surface area contributed by atoms with E-state index in [0.717, 1.165) is 6.42 Å². The highest BCUT2D eigenvalue weighted by Crippen LogP contribution is 2.14. The molecule has 1 unspecified atom stereocenters. The first-order chi connectivity index (χ1) is 8.95. The summed E-state index contributed by atoms with van der Waals surface area (Å²) in [6.45, 7) is 7.51. The van der Waals surface area contributed by atoms with Crippen LogP contribution < -0.4 is 0 Å². The van der Waals surface area contributed by atoms with Gasteiger partial charge in [-0.05, 0) is 24.7 Å². The highest BCUT2D eigenvalue weighted by atomic mass is 16.5. The lowest BCUT2D eigenvalue weighted by Gasteiger charge is -2.13. The van der Waals surface area contributed by atoms with Gasteiger partial charge in [0.1, 0.15) is 0 Å². The first-order valence-electron chi connectivity index (χ1n) is 6.60. The van der Waals surface area contributed by atoms with Crippen LogP contribution in [0.4, 0.5) is 0 Å². The molecule has 108 valence electrons. The molecule has 0 radical (unpaired) electrons. The first-order valence-corrected chi connectivity index (χ1v) is 6.60. The molecule has 0 saturated heterocycles. The van der Waals surface area contributed by atoms with E-state index in [1.165, 1.54) is 0 Å². The fraction of sp³-hybridized carbons (Fsp3) is 0.769. The molecule has 1 aromatic rings. The van der Waals surface area contributed by atoms with E-state index < -0.39 is 5.97 Å². The predicted octanol–water partition coefficient (Wildman–Crippen LogP) is 1.85. The lowest BCUT2D eigenvalue weighted by Crippen LogP contribution is -2.17. The molecule has 1 heterocycles. The van der Waals surface area contributed by atoms with Crippen LogP contribution in [0.15, 0.2) is 0 Å². The van der Waals surface area contributed by atoms with Gasteiger partial charge in [-0.3, -0.25) is 0 Å². The van der Waals surface area contributed by atoms with E-state index in [1.54, 1.807) is 11.8 Å². The molecule has 19 heavy (non-hydrogen) atoms. The minimum absolute atomic E-state index is 0.0743. The van der Waals surface area contributed by atoms with Crippen molar-refractivity contribution in [3.8, 4) is 0 Å². The fourth-order valence-corrected chi connectivity index (χ4v) is 1.95. The van der Waals surface area contributed by atoms with Crippen molar-refractivity contribution in [1.29, 1.82) is 0 Å². The van der Waals surface area contributed by atoms with Gasteiger partial charge in [-0.2, -0.15) is 0 Å². The molecule has 1 rings (SSSR count). The van der Waals surface area contributed by atoms with Gasteiger partial charge in [0.15, 0.2) is 5.69 Å². The number of methoxy groups -OCH3 is 1. The predicted molar refractivity (Wildman–Crippen MR) is 71.2 cm³/mol. The van der Waals surface area contributed by atoms with E-state index in [0.29, 0.717) is 31.2 Å². The molecule has 1 N–H and O–H groups in total. The number of ether oxygens (including phenoxy) is 1. The molecule has 0 saturated carbocycles. The molecule has 6 nitrogen and oxygen atoms in total. The van der Waals surface area contributed by atoms with E-state index in [1.807, 2.05) is 6.92 Å². The number of aromatic carboxylic acids is 1. The maximum absolute atomic E-state index is 11.2. The number of carboxylic acids is 1. The van der Waals surface area contributed by atoms with Crippen LogP contribution in [-0.2, 0) is 17.7 Å². The minimum atomic E-state index is -1.01. The number of carboxylic acid groups (broad SMARTS) is 1. The maximum atomic E-state index is 11.2. The second-order valence-corrected chi connectivity index (χ2v) is 5.37. The highest BCUT2D eigenvalue weighted by molar-refractivity contribution is 5.86. The standard InChI is InChI=1S/C13H23N3O3/c1-9(2)5-6-11-12(13(17)18)14-15-16(11)7-10(3)8-19-4/h9-10H,5-8H2,1-4H3,(H,17,18). The second kappa shape index (κ2) is 7.23. The van der Waals surface area contributed by atoms with Crippen LogP contribution in [0.5, 0.6) is 0 Å². The molecule has 0 aliphatic carbocycles. The van der Waals surface area contributed by atoms with Gasteiger partial charge in [0.2, 0.25) is 0 Å². The molecule has 6 heteroatoms. The molecule has 0 spiro atoms. The maximum Gasteiger partial charge on any atom is 0.358 e. The zero-order valence-electron chi connectivity index (χ0n) is 12.1. The SMILES string of the molecule is COCC(C)Cn1nnc(C(=O)O)c1CCC(C)C. The van der Waals surface area contributed by atoms with Crippen molar-refractivity contribution in [2.45, 2.75) is 40.2 Å². The van der Waals surface area contributed by atoms with E-state index in [9.17, 15) is 4.79 Å². The van der Waals surface area contributed by atoms with Crippen molar-refractivity contribution in [2.24, 2.45) is 11.8 Å². The number of rotatable bonds is 8. The van der Waals surface area contributed by atoms with Crippen LogP contribution in [0.25, 0.3) is 0 Å². The van der Waals surface area contributed by atoms with Gasteiger partial charge in [0, 0.05) is 13.7 Å². The van der Waals surface area contributed by atoms with E-state index in [-0.39, 0.29) is 11.6 Å². The van der Waals surface area contributed by atoms with Gasteiger partial charge < -0.3 is 9.84 Å². The van der Waals surface area contributed by atoms with Crippen molar-refractivity contribution in [3.05, 3.63) is 11.4 Å². The van der Waals surface area contributed by atoms with Gasteiger partial charge in [-0.1, -0.05) is 26.0 Å². The van der Waals surface area contributed by atoms with E-state index in [2.05, 4.69) is 24.2 Å². The molecule has 0 aliphatic rings. The topological polar surface area (TPSA) is 77.2 Å². The van der Waals surface area contributed by atoms with Gasteiger partial charge in [0.25, 0.3) is 0 Å². The normalized spacial score (nSPS) is 12.9. The smallest absolute Gasteiger partial charge is 0.358 e. The van der Waals surface area contributed by atoms with Crippen LogP contribution in [0, 0.1) is 11.8 Å². The van der Waals surface area contributed by atoms with Crippen LogP contribution in [0.3, 0.4) is 0 Å². The summed E-state index contributed by atoms with van der Waals surface area (Å²) >= 11 is 0. The minimum Gasteiger partial charge on any atom is -0.476 e. The van der Waals surface area contributed by atoms with Crippen LogP contribution in [0.1, 0.15) is 43.4 Å². The van der Waals surface area contributed by atoms with Crippen LogP contribution in [0.2, 0.25) is 0 Å². The summed E-state index contributed by atoms with van der Waals surface area (Å²) < 4.78 is 6.79. The average Bonchev–Trinajstić information content (AvgIpc) is 2.69. The van der Waals surface area contributed by atoms with Crippen molar-refractivity contribution >= 4 is 5.97 Å². The van der Waals surface area contributed by atoms with E-state index in [4.69, 9.17) is 9.84 Å². The Kier molecular flexibility index (Phi) is 5.95. The Balaban J connectivity index is 2.87. The van der Waals surface area contributed by atoms with Crippen LogP contribution >= 0.6 is 0 Å². The summed E-state index contributed by atoms with van der Waals surface area (Å²) in [6.07, 6.45) is 1.61. The lowest BCUT2D eigenvalue weighted by molar-refractivity contribution is 0.0689. The van der Waals surface area contributed by atoms with Crippen molar-refractivity contribution < 1.29 is 14.6 Å². The highest BCUT2D eigenvalue weighted by Gasteiger charge is 2.20. The number of carbonyl (C=O) groups is 1. The summed E-state index contributed by atoms with van der Waals surface area (Å²) in [5.74, 6) is -0.225. The molecular weight excluding hydrogens is 246 g/mol. The molecule has 0 amide bonds. The van der Waals surface area contributed by atoms with Gasteiger partial charge in [0.05, 0.1) is 12.3 Å².